The van der Waals surface area contributed by atoms with Crippen LogP contribution in [-0.4, -0.2) is 11.9 Å². The average molecular weight is 199 g/mol. The van der Waals surface area contributed by atoms with E-state index in [-0.39, 0.29) is 5.91 Å². The van der Waals surface area contributed by atoms with Crippen molar-refractivity contribution in [2.45, 2.75) is 24.8 Å². The molecular weight excluding hydrogens is 186 g/mol. The van der Waals surface area contributed by atoms with Gasteiger partial charge in [-0.1, -0.05) is 30.4 Å². The van der Waals surface area contributed by atoms with Crippen molar-refractivity contribution in [3.63, 3.8) is 0 Å². The molecule has 1 heterocycles. The van der Waals surface area contributed by atoms with Gasteiger partial charge in [-0.05, 0) is 24.5 Å². The molecule has 1 N–H and O–H groups in total. The Labute approximate surface area is 89.0 Å². The molecular formula is C13H13NO. The predicted molar refractivity (Wildman–Crippen MR) is 58.8 cm³/mol. The summed E-state index contributed by atoms with van der Waals surface area (Å²) in [6, 6.07) is 8.21. The van der Waals surface area contributed by atoms with Gasteiger partial charge in [0.05, 0.1) is 0 Å². The number of nitrogens with one attached hydrogen (secondary N) is 1. The highest BCUT2D eigenvalue weighted by molar-refractivity contribution is 5.97. The third-order valence-corrected chi connectivity index (χ3v) is 3.30. The summed E-state index contributed by atoms with van der Waals surface area (Å²) in [7, 11) is 0. The molecule has 15 heavy (non-hydrogen) atoms. The van der Waals surface area contributed by atoms with Crippen molar-refractivity contribution in [3.05, 3.63) is 47.5 Å². The fourth-order valence-electron chi connectivity index (χ4n) is 2.56. The number of carbonyl (C=O) groups excluding carboxylic acids is 1. The molecule has 0 saturated heterocycles. The average Bonchev–Trinajstić information content (AvgIpc) is 2.30. The lowest BCUT2D eigenvalue weighted by Gasteiger charge is -2.34. The maximum atomic E-state index is 11.8. The number of amides is 1. The van der Waals surface area contributed by atoms with E-state index in [1.165, 1.54) is 5.56 Å². The van der Waals surface area contributed by atoms with Crippen LogP contribution in [0.4, 0.5) is 0 Å². The van der Waals surface area contributed by atoms with E-state index in [1.807, 2.05) is 18.2 Å². The zero-order chi connectivity index (χ0) is 10.3. The van der Waals surface area contributed by atoms with Gasteiger partial charge in [0.2, 0.25) is 0 Å². The molecule has 3 rings (SSSR count). The van der Waals surface area contributed by atoms with Gasteiger partial charge >= 0.3 is 0 Å². The second-order valence-electron chi connectivity index (χ2n) is 4.20. The summed E-state index contributed by atoms with van der Waals surface area (Å²) in [4.78, 5) is 11.8. The van der Waals surface area contributed by atoms with Gasteiger partial charge in [-0.15, -0.1) is 0 Å². The number of rotatable bonds is 0. The van der Waals surface area contributed by atoms with Gasteiger partial charge in [0.1, 0.15) is 0 Å². The normalized spacial score (nSPS) is 27.9. The van der Waals surface area contributed by atoms with Crippen LogP contribution in [0.25, 0.3) is 0 Å². The molecule has 0 aromatic heterocycles. The van der Waals surface area contributed by atoms with Crippen molar-refractivity contribution in [1.29, 1.82) is 0 Å². The molecule has 1 amide bonds. The number of benzene rings is 1. The highest BCUT2D eigenvalue weighted by Gasteiger charge is 2.32. The molecule has 0 saturated carbocycles. The maximum Gasteiger partial charge on any atom is 0.251 e. The third-order valence-electron chi connectivity index (χ3n) is 3.30. The van der Waals surface area contributed by atoms with Crippen LogP contribution in [0.1, 0.15) is 34.7 Å². The second-order valence-corrected chi connectivity index (χ2v) is 4.20. The topological polar surface area (TPSA) is 29.1 Å². The molecule has 0 bridgehead atoms. The minimum absolute atomic E-state index is 0.0853. The van der Waals surface area contributed by atoms with E-state index in [1.54, 1.807) is 0 Å². The van der Waals surface area contributed by atoms with Gasteiger partial charge in [0.25, 0.3) is 5.91 Å². The van der Waals surface area contributed by atoms with Crippen LogP contribution < -0.4 is 5.32 Å². The fourth-order valence-corrected chi connectivity index (χ4v) is 2.56. The Morgan fingerprint density at radius 3 is 3.07 bits per heavy atom. The lowest BCUT2D eigenvalue weighted by Crippen LogP contribution is -2.44. The molecule has 76 valence electrons. The van der Waals surface area contributed by atoms with Crippen molar-refractivity contribution in [2.24, 2.45) is 0 Å². The highest BCUT2D eigenvalue weighted by atomic mass is 16.1. The molecule has 0 fully saturated rings. The van der Waals surface area contributed by atoms with Crippen LogP contribution in [0, 0.1) is 0 Å². The molecule has 1 aromatic carbocycles. The quantitative estimate of drug-likeness (QED) is 0.638. The van der Waals surface area contributed by atoms with E-state index in [9.17, 15) is 4.79 Å². The molecule has 1 aliphatic carbocycles. The maximum absolute atomic E-state index is 11.8. The minimum Gasteiger partial charge on any atom is -0.348 e. The highest BCUT2D eigenvalue weighted by Crippen LogP contribution is 2.33. The van der Waals surface area contributed by atoms with Gasteiger partial charge in [-0.2, -0.15) is 0 Å². The summed E-state index contributed by atoms with van der Waals surface area (Å²) in [6.07, 6.45) is 6.58. The Balaban J connectivity index is 2.14. The molecule has 2 atom stereocenters. The van der Waals surface area contributed by atoms with E-state index in [0.29, 0.717) is 12.0 Å². The van der Waals surface area contributed by atoms with Crippen LogP contribution in [0.2, 0.25) is 0 Å². The number of hydrogen-bond acceptors (Lipinski definition) is 1. The summed E-state index contributed by atoms with van der Waals surface area (Å²) in [6.45, 7) is 0. The zero-order valence-corrected chi connectivity index (χ0v) is 8.44. The summed E-state index contributed by atoms with van der Waals surface area (Å²) < 4.78 is 0. The molecule has 2 nitrogen and oxygen atoms in total. The van der Waals surface area contributed by atoms with E-state index in [2.05, 4.69) is 23.5 Å². The Bertz CT molecular complexity index is 436. The first-order chi connectivity index (χ1) is 7.36. The first-order valence-electron chi connectivity index (χ1n) is 5.43. The van der Waals surface area contributed by atoms with Crippen molar-refractivity contribution in [1.82, 2.24) is 5.32 Å². The van der Waals surface area contributed by atoms with Crippen molar-refractivity contribution < 1.29 is 4.79 Å². The Kier molecular flexibility index (Phi) is 1.88. The van der Waals surface area contributed by atoms with Crippen LogP contribution in [0.5, 0.6) is 0 Å². The molecule has 2 aliphatic rings. The van der Waals surface area contributed by atoms with Crippen molar-refractivity contribution in [2.75, 3.05) is 0 Å². The molecule has 0 spiro atoms. The summed E-state index contributed by atoms with van der Waals surface area (Å²) in [5, 5.41) is 3.08. The van der Waals surface area contributed by atoms with Gasteiger partial charge < -0.3 is 5.32 Å². The first-order valence-corrected chi connectivity index (χ1v) is 5.43. The lowest BCUT2D eigenvalue weighted by molar-refractivity contribution is 0.0916. The SMILES string of the molecule is O=C1N[C@@H]2CCC=C[C@H]2c2ccccc21. The third kappa shape index (κ3) is 1.29. The predicted octanol–water partition coefficient (Wildman–Crippen LogP) is 2.23. The van der Waals surface area contributed by atoms with Crippen LogP contribution in [-0.2, 0) is 0 Å². The van der Waals surface area contributed by atoms with Gasteiger partial charge in [0.15, 0.2) is 0 Å². The summed E-state index contributed by atoms with van der Waals surface area (Å²) in [5.74, 6) is 0.467. The lowest BCUT2D eigenvalue weighted by atomic mass is 9.79. The fraction of sp³-hybridized carbons (Fsp3) is 0.308. The van der Waals surface area contributed by atoms with Crippen LogP contribution in [0.15, 0.2) is 36.4 Å². The van der Waals surface area contributed by atoms with Crippen LogP contribution >= 0.6 is 0 Å². The standard InChI is InChI=1S/C13H13NO/c15-13-11-7-2-1-5-9(11)10-6-3-4-8-12(10)14-13/h1-3,5-7,10,12H,4,8H2,(H,14,15)/t10-,12+/m0/s1. The zero-order valence-electron chi connectivity index (χ0n) is 8.44. The second kappa shape index (κ2) is 3.23. The van der Waals surface area contributed by atoms with E-state index < -0.39 is 0 Å². The molecule has 0 unspecified atom stereocenters. The molecule has 1 aliphatic heterocycles. The van der Waals surface area contributed by atoms with Gasteiger partial charge in [0, 0.05) is 17.5 Å². The number of fused-ring (bicyclic) bond motifs is 3. The first kappa shape index (κ1) is 8.72. The smallest absolute Gasteiger partial charge is 0.251 e. The van der Waals surface area contributed by atoms with Gasteiger partial charge in [-0.25, -0.2) is 0 Å². The van der Waals surface area contributed by atoms with Gasteiger partial charge in [-0.3, -0.25) is 4.79 Å². The number of hydrogen-bond donors (Lipinski definition) is 1. The number of carbonyl (C=O) groups is 1. The largest absolute Gasteiger partial charge is 0.348 e. The van der Waals surface area contributed by atoms with Crippen molar-refractivity contribution in [3.8, 4) is 0 Å². The molecule has 1 aromatic rings. The van der Waals surface area contributed by atoms with E-state index >= 15 is 0 Å². The Morgan fingerprint density at radius 2 is 2.13 bits per heavy atom. The van der Waals surface area contributed by atoms with E-state index in [4.69, 9.17) is 0 Å². The van der Waals surface area contributed by atoms with E-state index in [0.717, 1.165) is 18.4 Å². The number of allylic oxidation sites excluding steroid dienone is 1. The van der Waals surface area contributed by atoms with Crippen molar-refractivity contribution >= 4 is 5.91 Å². The summed E-state index contributed by atoms with van der Waals surface area (Å²) >= 11 is 0. The molecule has 2 heteroatoms. The minimum atomic E-state index is 0.0853. The van der Waals surface area contributed by atoms with Crippen LogP contribution in [0.3, 0.4) is 0 Å². The molecule has 0 radical (unpaired) electrons. The monoisotopic (exact) mass is 199 g/mol. The summed E-state index contributed by atoms with van der Waals surface area (Å²) in [5.41, 5.74) is 2.02. The Hall–Kier alpha value is -1.57. The Morgan fingerprint density at radius 1 is 1.27 bits per heavy atom.